The molecule has 4 nitrogen and oxygen atoms in total. The molecule has 0 heterocycles. The number of methoxy groups -OCH3 is 1. The van der Waals surface area contributed by atoms with Crippen LogP contribution in [-0.2, 0) is 0 Å². The molecule has 2 rings (SSSR count). The number of nitrogens with zero attached hydrogens (tertiary/aromatic N) is 1. The molecule has 4 heteroatoms. The minimum Gasteiger partial charge on any atom is -0.497 e. The Morgan fingerprint density at radius 1 is 0.889 bits per heavy atom. The second-order valence-electron chi connectivity index (χ2n) is 3.59. The van der Waals surface area contributed by atoms with Gasteiger partial charge >= 0.3 is 0 Å². The molecule has 0 unspecified atom stereocenters. The van der Waals surface area contributed by atoms with Gasteiger partial charge in [-0.25, -0.2) is 0 Å². The second-order valence-corrected chi connectivity index (χ2v) is 3.59. The molecular formula is C14H13NO3. The van der Waals surface area contributed by atoms with Gasteiger partial charge in [0.05, 0.1) is 13.3 Å². The zero-order chi connectivity index (χ0) is 12.8. The zero-order valence-corrected chi connectivity index (χ0v) is 9.91. The van der Waals surface area contributed by atoms with Crippen LogP contribution in [0.4, 0.5) is 0 Å². The maximum absolute atomic E-state index is 8.40. The Kier molecular flexibility index (Phi) is 3.81. The van der Waals surface area contributed by atoms with E-state index >= 15 is 0 Å². The molecule has 2 aromatic carbocycles. The molecule has 0 atom stereocenters. The topological polar surface area (TPSA) is 51.0 Å². The summed E-state index contributed by atoms with van der Waals surface area (Å²) in [6, 6.07) is 14.6. The molecule has 1 N–H and O–H groups in total. The Balaban J connectivity index is 2.08. The number of rotatable bonds is 4. The molecule has 0 fully saturated rings. The fourth-order valence-corrected chi connectivity index (χ4v) is 1.47. The molecular weight excluding hydrogens is 230 g/mol. The lowest BCUT2D eigenvalue weighted by atomic mass is 10.2. The van der Waals surface area contributed by atoms with Crippen molar-refractivity contribution in [3.05, 3.63) is 54.1 Å². The Morgan fingerprint density at radius 3 is 1.89 bits per heavy atom. The van der Waals surface area contributed by atoms with Crippen LogP contribution in [0.1, 0.15) is 5.56 Å². The van der Waals surface area contributed by atoms with Crippen LogP contribution < -0.4 is 9.47 Å². The van der Waals surface area contributed by atoms with Gasteiger partial charge in [0, 0.05) is 0 Å². The van der Waals surface area contributed by atoms with Crippen molar-refractivity contribution in [2.45, 2.75) is 0 Å². The maximum atomic E-state index is 8.40. The summed E-state index contributed by atoms with van der Waals surface area (Å²) in [5.41, 5.74) is 0.805. The minimum atomic E-state index is 0.718. The number of hydrogen-bond acceptors (Lipinski definition) is 4. The van der Waals surface area contributed by atoms with E-state index in [1.54, 1.807) is 31.4 Å². The lowest BCUT2D eigenvalue weighted by molar-refractivity contribution is 0.322. The number of ether oxygens (including phenoxy) is 2. The van der Waals surface area contributed by atoms with E-state index in [-0.39, 0.29) is 0 Å². The van der Waals surface area contributed by atoms with Gasteiger partial charge < -0.3 is 14.7 Å². The van der Waals surface area contributed by atoms with Gasteiger partial charge in [-0.1, -0.05) is 5.16 Å². The van der Waals surface area contributed by atoms with Crippen molar-refractivity contribution in [1.29, 1.82) is 0 Å². The summed E-state index contributed by atoms with van der Waals surface area (Å²) >= 11 is 0. The standard InChI is InChI=1S/C14H13NO3/c1-17-12-6-8-14(9-7-12)18-13-4-2-11(3-5-13)10-15-16/h2-10,16H,1H3/b15-10+. The lowest BCUT2D eigenvalue weighted by Crippen LogP contribution is -1.86. The molecule has 0 bridgehead atoms. The highest BCUT2D eigenvalue weighted by Crippen LogP contribution is 2.23. The average molecular weight is 243 g/mol. The lowest BCUT2D eigenvalue weighted by Gasteiger charge is -2.06. The monoisotopic (exact) mass is 243 g/mol. The third kappa shape index (κ3) is 3.01. The fourth-order valence-electron chi connectivity index (χ4n) is 1.47. The quantitative estimate of drug-likeness (QED) is 0.509. The van der Waals surface area contributed by atoms with Crippen LogP contribution in [0.25, 0.3) is 0 Å². The Morgan fingerprint density at radius 2 is 1.39 bits per heavy atom. The van der Waals surface area contributed by atoms with Gasteiger partial charge in [-0.3, -0.25) is 0 Å². The van der Waals surface area contributed by atoms with Crippen molar-refractivity contribution in [2.24, 2.45) is 5.16 Å². The third-order valence-electron chi connectivity index (χ3n) is 2.38. The molecule has 2 aromatic rings. The molecule has 0 saturated carbocycles. The molecule has 0 spiro atoms. The van der Waals surface area contributed by atoms with Crippen LogP contribution in [0.3, 0.4) is 0 Å². The zero-order valence-electron chi connectivity index (χ0n) is 9.91. The summed E-state index contributed by atoms with van der Waals surface area (Å²) in [4.78, 5) is 0. The van der Waals surface area contributed by atoms with Gasteiger partial charge in [0.1, 0.15) is 17.2 Å². The molecule has 0 saturated heterocycles. The van der Waals surface area contributed by atoms with Gasteiger partial charge in [0.2, 0.25) is 0 Å². The maximum Gasteiger partial charge on any atom is 0.127 e. The molecule has 0 amide bonds. The predicted molar refractivity (Wildman–Crippen MR) is 68.9 cm³/mol. The van der Waals surface area contributed by atoms with Gasteiger partial charge in [-0.15, -0.1) is 0 Å². The molecule has 0 aliphatic rings. The smallest absolute Gasteiger partial charge is 0.127 e. The first-order chi connectivity index (χ1) is 8.81. The predicted octanol–water partition coefficient (Wildman–Crippen LogP) is 3.30. The second kappa shape index (κ2) is 5.72. The van der Waals surface area contributed by atoms with E-state index in [0.717, 1.165) is 22.8 Å². The molecule has 0 aromatic heterocycles. The summed E-state index contributed by atoms with van der Waals surface area (Å²) in [6.45, 7) is 0. The highest BCUT2D eigenvalue weighted by atomic mass is 16.5. The largest absolute Gasteiger partial charge is 0.497 e. The van der Waals surface area contributed by atoms with Crippen molar-refractivity contribution in [2.75, 3.05) is 7.11 Å². The number of benzene rings is 2. The van der Waals surface area contributed by atoms with Crippen LogP contribution in [-0.4, -0.2) is 18.5 Å². The molecule has 0 radical (unpaired) electrons. The minimum absolute atomic E-state index is 0.718. The number of oxime groups is 1. The average Bonchev–Trinajstić information content (AvgIpc) is 2.42. The van der Waals surface area contributed by atoms with Crippen molar-refractivity contribution in [3.63, 3.8) is 0 Å². The SMILES string of the molecule is COc1ccc(Oc2ccc(/C=N/O)cc2)cc1. The summed E-state index contributed by atoms with van der Waals surface area (Å²) in [6.07, 6.45) is 1.36. The highest BCUT2D eigenvalue weighted by Gasteiger charge is 1.98. The van der Waals surface area contributed by atoms with Crippen LogP contribution in [0.5, 0.6) is 17.2 Å². The summed E-state index contributed by atoms with van der Waals surface area (Å²) < 4.78 is 10.7. The van der Waals surface area contributed by atoms with Gasteiger partial charge in [-0.2, -0.15) is 0 Å². The summed E-state index contributed by atoms with van der Waals surface area (Å²) in [5.74, 6) is 2.24. The van der Waals surface area contributed by atoms with E-state index in [2.05, 4.69) is 5.16 Å². The third-order valence-corrected chi connectivity index (χ3v) is 2.38. The van der Waals surface area contributed by atoms with Gasteiger partial charge in [0.25, 0.3) is 0 Å². The fraction of sp³-hybridized carbons (Fsp3) is 0.0714. The summed E-state index contributed by atoms with van der Waals surface area (Å²) in [5, 5.41) is 11.4. The Labute approximate surface area is 105 Å². The highest BCUT2D eigenvalue weighted by molar-refractivity contribution is 5.79. The molecule has 0 aliphatic carbocycles. The van der Waals surface area contributed by atoms with E-state index in [4.69, 9.17) is 14.7 Å². The van der Waals surface area contributed by atoms with Gasteiger partial charge in [0.15, 0.2) is 0 Å². The molecule has 0 aliphatic heterocycles. The normalized spacial score (nSPS) is 10.5. The Bertz CT molecular complexity index is 518. The Hall–Kier alpha value is -2.49. The summed E-state index contributed by atoms with van der Waals surface area (Å²) in [7, 11) is 1.62. The van der Waals surface area contributed by atoms with Crippen molar-refractivity contribution in [3.8, 4) is 17.2 Å². The van der Waals surface area contributed by atoms with Crippen LogP contribution in [0.15, 0.2) is 53.7 Å². The first-order valence-corrected chi connectivity index (χ1v) is 5.41. The van der Waals surface area contributed by atoms with Crippen molar-refractivity contribution < 1.29 is 14.7 Å². The van der Waals surface area contributed by atoms with E-state index in [0.29, 0.717) is 0 Å². The first-order valence-electron chi connectivity index (χ1n) is 5.41. The van der Waals surface area contributed by atoms with Crippen LogP contribution in [0.2, 0.25) is 0 Å². The molecule has 18 heavy (non-hydrogen) atoms. The van der Waals surface area contributed by atoms with Crippen molar-refractivity contribution in [1.82, 2.24) is 0 Å². The van der Waals surface area contributed by atoms with Gasteiger partial charge in [-0.05, 0) is 54.1 Å². The van der Waals surface area contributed by atoms with E-state index in [1.807, 2.05) is 24.3 Å². The van der Waals surface area contributed by atoms with E-state index in [9.17, 15) is 0 Å². The van der Waals surface area contributed by atoms with Crippen molar-refractivity contribution >= 4 is 6.21 Å². The van der Waals surface area contributed by atoms with E-state index < -0.39 is 0 Å². The first kappa shape index (κ1) is 12.0. The molecule has 92 valence electrons. The van der Waals surface area contributed by atoms with Crippen LogP contribution >= 0.6 is 0 Å². The van der Waals surface area contributed by atoms with E-state index in [1.165, 1.54) is 6.21 Å². The van der Waals surface area contributed by atoms with Crippen LogP contribution in [0, 0.1) is 0 Å². The number of hydrogen-bond donors (Lipinski definition) is 1.